The minimum atomic E-state index is -0.432. The molecule has 0 bridgehead atoms. The number of hydrogen-bond acceptors (Lipinski definition) is 7. The van der Waals surface area contributed by atoms with Gasteiger partial charge in [-0.3, -0.25) is 5.10 Å². The van der Waals surface area contributed by atoms with E-state index in [9.17, 15) is 4.79 Å². The molecule has 0 unspecified atom stereocenters. The number of H-pyrrole nitrogens is 1. The van der Waals surface area contributed by atoms with Crippen molar-refractivity contribution in [3.63, 3.8) is 0 Å². The van der Waals surface area contributed by atoms with Crippen molar-refractivity contribution in [1.82, 2.24) is 20.2 Å². The SMILES string of the molecule is CCOC(=O)/C=C/c1c(-c2nc(Cl)cc(NCc3ccc(OC)cc3)n2)n[nH]c1C. The number of ether oxygens (including phenoxy) is 2. The van der Waals surface area contributed by atoms with E-state index in [2.05, 4.69) is 25.5 Å². The van der Waals surface area contributed by atoms with E-state index in [1.54, 1.807) is 26.2 Å². The van der Waals surface area contributed by atoms with Crippen LogP contribution in [-0.2, 0) is 16.1 Å². The lowest BCUT2D eigenvalue weighted by Crippen LogP contribution is -2.04. The second kappa shape index (κ2) is 9.89. The third kappa shape index (κ3) is 5.36. The zero-order valence-electron chi connectivity index (χ0n) is 16.9. The lowest BCUT2D eigenvalue weighted by Gasteiger charge is -2.08. The fraction of sp³-hybridized carbons (Fsp3) is 0.238. The molecule has 8 nitrogen and oxygen atoms in total. The number of carbonyl (C=O) groups is 1. The van der Waals surface area contributed by atoms with E-state index in [0.717, 1.165) is 17.0 Å². The van der Waals surface area contributed by atoms with Gasteiger partial charge in [-0.25, -0.2) is 14.8 Å². The van der Waals surface area contributed by atoms with Gasteiger partial charge in [0.15, 0.2) is 5.82 Å². The quantitative estimate of drug-likeness (QED) is 0.318. The summed E-state index contributed by atoms with van der Waals surface area (Å²) in [6.45, 7) is 4.45. The van der Waals surface area contributed by atoms with Gasteiger partial charge < -0.3 is 14.8 Å². The van der Waals surface area contributed by atoms with Gasteiger partial charge in [0.25, 0.3) is 0 Å². The maximum Gasteiger partial charge on any atom is 0.330 e. The Morgan fingerprint density at radius 3 is 2.73 bits per heavy atom. The van der Waals surface area contributed by atoms with Gasteiger partial charge in [-0.2, -0.15) is 5.10 Å². The zero-order chi connectivity index (χ0) is 21.5. The van der Waals surface area contributed by atoms with E-state index >= 15 is 0 Å². The molecule has 0 saturated carbocycles. The number of aromatic amines is 1. The van der Waals surface area contributed by atoms with Crippen molar-refractivity contribution < 1.29 is 14.3 Å². The normalized spacial score (nSPS) is 10.9. The first-order valence-corrected chi connectivity index (χ1v) is 9.69. The van der Waals surface area contributed by atoms with Crippen molar-refractivity contribution in [2.45, 2.75) is 20.4 Å². The highest BCUT2D eigenvalue weighted by Crippen LogP contribution is 2.25. The summed E-state index contributed by atoms with van der Waals surface area (Å²) in [5.74, 6) is 1.26. The number of aromatic nitrogens is 4. The summed E-state index contributed by atoms with van der Waals surface area (Å²) in [4.78, 5) is 20.5. The predicted molar refractivity (Wildman–Crippen MR) is 115 cm³/mol. The molecule has 2 heterocycles. The number of anilines is 1. The van der Waals surface area contributed by atoms with Crippen molar-refractivity contribution in [3.05, 3.63) is 58.4 Å². The molecule has 0 aliphatic heterocycles. The maximum absolute atomic E-state index is 11.7. The van der Waals surface area contributed by atoms with Crippen LogP contribution in [-0.4, -0.2) is 39.9 Å². The topological polar surface area (TPSA) is 102 Å². The molecule has 2 N–H and O–H groups in total. The molecule has 3 rings (SSSR count). The number of methoxy groups -OCH3 is 1. The first kappa shape index (κ1) is 21.3. The van der Waals surface area contributed by atoms with E-state index in [0.29, 0.717) is 36.1 Å². The summed E-state index contributed by atoms with van der Waals surface area (Å²) in [6.07, 6.45) is 2.97. The largest absolute Gasteiger partial charge is 0.497 e. The average molecular weight is 428 g/mol. The fourth-order valence-corrected chi connectivity index (χ4v) is 2.89. The van der Waals surface area contributed by atoms with Crippen LogP contribution in [0.2, 0.25) is 5.15 Å². The van der Waals surface area contributed by atoms with Crippen LogP contribution < -0.4 is 10.1 Å². The van der Waals surface area contributed by atoms with Crippen LogP contribution in [0.25, 0.3) is 17.6 Å². The molecular weight excluding hydrogens is 406 g/mol. The maximum atomic E-state index is 11.7. The minimum absolute atomic E-state index is 0.276. The Balaban J connectivity index is 1.82. The number of hydrogen-bond donors (Lipinski definition) is 2. The number of nitrogens with one attached hydrogen (secondary N) is 2. The molecule has 0 atom stereocenters. The number of nitrogens with zero attached hydrogens (tertiary/aromatic N) is 3. The van der Waals surface area contributed by atoms with Crippen LogP contribution in [0, 0.1) is 6.92 Å². The molecule has 2 aromatic heterocycles. The summed E-state index contributed by atoms with van der Waals surface area (Å²) < 4.78 is 10.1. The van der Waals surface area contributed by atoms with Crippen LogP contribution in [0.4, 0.5) is 5.82 Å². The van der Waals surface area contributed by atoms with Crippen molar-refractivity contribution in [3.8, 4) is 17.3 Å². The Labute approximate surface area is 179 Å². The van der Waals surface area contributed by atoms with E-state index in [1.807, 2.05) is 31.2 Å². The summed E-state index contributed by atoms with van der Waals surface area (Å²) in [5.41, 5.74) is 3.00. The molecule has 0 saturated heterocycles. The van der Waals surface area contributed by atoms with Gasteiger partial charge in [-0.1, -0.05) is 23.7 Å². The van der Waals surface area contributed by atoms with Gasteiger partial charge in [-0.15, -0.1) is 0 Å². The Morgan fingerprint density at radius 2 is 2.03 bits per heavy atom. The van der Waals surface area contributed by atoms with Crippen molar-refractivity contribution >= 4 is 29.5 Å². The Bertz CT molecular complexity index is 1050. The third-order valence-corrected chi connectivity index (χ3v) is 4.40. The van der Waals surface area contributed by atoms with Crippen molar-refractivity contribution in [1.29, 1.82) is 0 Å². The summed E-state index contributed by atoms with van der Waals surface area (Å²) in [7, 11) is 1.63. The minimum Gasteiger partial charge on any atom is -0.497 e. The first-order chi connectivity index (χ1) is 14.5. The molecule has 0 aliphatic rings. The number of rotatable bonds is 8. The van der Waals surface area contributed by atoms with Gasteiger partial charge >= 0.3 is 5.97 Å². The summed E-state index contributed by atoms with van der Waals surface area (Å²) >= 11 is 6.21. The number of esters is 1. The van der Waals surface area contributed by atoms with Gasteiger partial charge in [0.1, 0.15) is 22.4 Å². The second-order valence-corrected chi connectivity index (χ2v) is 6.68. The molecule has 0 fully saturated rings. The molecule has 9 heteroatoms. The van der Waals surface area contributed by atoms with Gasteiger partial charge in [0.2, 0.25) is 0 Å². The molecule has 30 heavy (non-hydrogen) atoms. The summed E-state index contributed by atoms with van der Waals surface area (Å²) in [5, 5.41) is 10.7. The molecule has 1 aromatic carbocycles. The van der Waals surface area contributed by atoms with Gasteiger partial charge in [0, 0.05) is 29.9 Å². The first-order valence-electron chi connectivity index (χ1n) is 9.31. The van der Waals surface area contributed by atoms with Gasteiger partial charge in [0.05, 0.1) is 13.7 Å². The van der Waals surface area contributed by atoms with Crippen LogP contribution in [0.1, 0.15) is 23.7 Å². The molecular formula is C21H22ClN5O3. The van der Waals surface area contributed by atoms with Crippen LogP contribution in [0.15, 0.2) is 36.4 Å². The average Bonchev–Trinajstić information content (AvgIpc) is 3.11. The molecule has 0 amide bonds. The van der Waals surface area contributed by atoms with Crippen LogP contribution in [0.5, 0.6) is 5.75 Å². The predicted octanol–water partition coefficient (Wildman–Crippen LogP) is 4.03. The number of carbonyl (C=O) groups excluding carboxylic acids is 1. The number of aryl methyl sites for hydroxylation is 1. The fourth-order valence-electron chi connectivity index (χ4n) is 2.70. The van der Waals surface area contributed by atoms with E-state index in [-0.39, 0.29) is 5.15 Å². The Hall–Kier alpha value is -3.39. The molecule has 3 aromatic rings. The highest BCUT2D eigenvalue weighted by Gasteiger charge is 2.15. The van der Waals surface area contributed by atoms with E-state index in [4.69, 9.17) is 21.1 Å². The lowest BCUT2D eigenvalue weighted by atomic mass is 10.1. The molecule has 156 valence electrons. The number of halogens is 1. The summed E-state index contributed by atoms with van der Waals surface area (Å²) in [6, 6.07) is 9.35. The molecule has 0 spiro atoms. The molecule has 0 aliphatic carbocycles. The monoisotopic (exact) mass is 427 g/mol. The van der Waals surface area contributed by atoms with E-state index in [1.165, 1.54) is 6.08 Å². The van der Waals surface area contributed by atoms with Crippen LogP contribution >= 0.6 is 11.6 Å². The second-order valence-electron chi connectivity index (χ2n) is 6.30. The zero-order valence-corrected chi connectivity index (χ0v) is 17.7. The number of benzene rings is 1. The highest BCUT2D eigenvalue weighted by atomic mass is 35.5. The smallest absolute Gasteiger partial charge is 0.330 e. The standard InChI is InChI=1S/C21H22ClN5O3/c1-4-30-19(28)10-9-16-13(2)26-27-20(16)21-24-17(22)11-18(25-21)23-12-14-5-7-15(29-3)8-6-14/h5-11H,4,12H2,1-3H3,(H,26,27)(H,23,24,25)/b10-9+. The van der Waals surface area contributed by atoms with Crippen molar-refractivity contribution in [2.75, 3.05) is 19.0 Å². The highest BCUT2D eigenvalue weighted by molar-refractivity contribution is 6.29. The van der Waals surface area contributed by atoms with Crippen LogP contribution in [0.3, 0.4) is 0 Å². The van der Waals surface area contributed by atoms with Gasteiger partial charge in [-0.05, 0) is 37.6 Å². The molecule has 0 radical (unpaired) electrons. The Morgan fingerprint density at radius 1 is 1.27 bits per heavy atom. The third-order valence-electron chi connectivity index (χ3n) is 4.21. The van der Waals surface area contributed by atoms with Crippen molar-refractivity contribution in [2.24, 2.45) is 0 Å². The lowest BCUT2D eigenvalue weighted by molar-refractivity contribution is -0.137. The van der Waals surface area contributed by atoms with E-state index < -0.39 is 5.97 Å². The Kier molecular flexibility index (Phi) is 7.03.